The average Bonchev–Trinajstić information content (AvgIpc) is 2.43. The Morgan fingerprint density at radius 3 is 2.74 bits per heavy atom. The highest BCUT2D eigenvalue weighted by molar-refractivity contribution is 5.90. The number of piperidine rings is 1. The summed E-state index contributed by atoms with van der Waals surface area (Å²) in [6.07, 6.45) is -0.806. The van der Waals surface area contributed by atoms with Crippen molar-refractivity contribution >= 4 is 16.7 Å². The SMILES string of the molecule is CC(C)(C)O[C@H]1C[C@@H](F)CN(c2cc(=O)oc3ccccc23)C1. The van der Waals surface area contributed by atoms with Gasteiger partial charge in [0.1, 0.15) is 11.8 Å². The molecule has 0 unspecified atom stereocenters. The molecule has 124 valence electrons. The molecule has 2 heterocycles. The number of ether oxygens (including phenoxy) is 1. The van der Waals surface area contributed by atoms with Gasteiger partial charge in [0.2, 0.25) is 0 Å². The summed E-state index contributed by atoms with van der Waals surface area (Å²) < 4.78 is 25.4. The summed E-state index contributed by atoms with van der Waals surface area (Å²) in [5.74, 6) is 0. The number of fused-ring (bicyclic) bond motifs is 1. The minimum Gasteiger partial charge on any atom is -0.423 e. The maximum Gasteiger partial charge on any atom is 0.338 e. The average molecular weight is 319 g/mol. The number of hydrogen-bond donors (Lipinski definition) is 0. The van der Waals surface area contributed by atoms with Crippen LogP contribution < -0.4 is 10.5 Å². The third kappa shape index (κ3) is 3.72. The van der Waals surface area contributed by atoms with E-state index in [0.717, 1.165) is 5.39 Å². The smallest absolute Gasteiger partial charge is 0.338 e. The summed E-state index contributed by atoms with van der Waals surface area (Å²) in [7, 11) is 0. The van der Waals surface area contributed by atoms with Crippen LogP contribution in [0.1, 0.15) is 27.2 Å². The zero-order valence-corrected chi connectivity index (χ0v) is 13.7. The lowest BCUT2D eigenvalue weighted by Gasteiger charge is -2.39. The Morgan fingerprint density at radius 2 is 2.00 bits per heavy atom. The van der Waals surface area contributed by atoms with Gasteiger partial charge in [0.05, 0.1) is 17.4 Å². The van der Waals surface area contributed by atoms with Crippen LogP contribution in [-0.2, 0) is 4.74 Å². The Kier molecular flexibility index (Phi) is 4.15. The summed E-state index contributed by atoms with van der Waals surface area (Å²) in [5, 5.41) is 0.815. The van der Waals surface area contributed by atoms with Gasteiger partial charge in [-0.15, -0.1) is 0 Å². The van der Waals surface area contributed by atoms with Crippen molar-refractivity contribution in [3.8, 4) is 0 Å². The van der Waals surface area contributed by atoms with E-state index >= 15 is 0 Å². The Labute approximate surface area is 134 Å². The lowest BCUT2D eigenvalue weighted by Crippen LogP contribution is -2.47. The summed E-state index contributed by atoms with van der Waals surface area (Å²) in [4.78, 5) is 13.7. The van der Waals surface area contributed by atoms with E-state index in [1.165, 1.54) is 6.07 Å². The number of benzene rings is 1. The van der Waals surface area contributed by atoms with Crippen molar-refractivity contribution in [3.63, 3.8) is 0 Å². The van der Waals surface area contributed by atoms with E-state index in [4.69, 9.17) is 9.15 Å². The molecule has 0 amide bonds. The number of nitrogens with zero attached hydrogens (tertiary/aromatic N) is 1. The highest BCUT2D eigenvalue weighted by Crippen LogP contribution is 2.30. The summed E-state index contributed by atoms with van der Waals surface area (Å²) in [6.45, 7) is 6.71. The molecule has 1 aliphatic rings. The monoisotopic (exact) mass is 319 g/mol. The molecule has 3 rings (SSSR count). The Morgan fingerprint density at radius 1 is 1.26 bits per heavy atom. The van der Waals surface area contributed by atoms with Crippen LogP contribution in [0.25, 0.3) is 11.0 Å². The molecule has 1 saturated heterocycles. The van der Waals surface area contributed by atoms with Crippen LogP contribution in [0, 0.1) is 0 Å². The maximum atomic E-state index is 14.2. The fourth-order valence-corrected chi connectivity index (χ4v) is 3.13. The molecule has 2 aromatic rings. The summed E-state index contributed by atoms with van der Waals surface area (Å²) in [5.41, 5.74) is 0.476. The van der Waals surface area contributed by atoms with Crippen molar-refractivity contribution in [1.29, 1.82) is 0 Å². The molecule has 2 atom stereocenters. The van der Waals surface area contributed by atoms with Crippen LogP contribution in [0.5, 0.6) is 0 Å². The maximum absolute atomic E-state index is 14.2. The normalized spacial score (nSPS) is 22.5. The molecule has 0 saturated carbocycles. The minimum absolute atomic E-state index is 0.204. The molecule has 1 aromatic carbocycles. The van der Waals surface area contributed by atoms with E-state index in [2.05, 4.69) is 0 Å². The van der Waals surface area contributed by atoms with Gasteiger partial charge in [-0.3, -0.25) is 0 Å². The summed E-state index contributed by atoms with van der Waals surface area (Å²) in [6, 6.07) is 8.77. The zero-order chi connectivity index (χ0) is 16.6. The molecular weight excluding hydrogens is 297 g/mol. The van der Waals surface area contributed by atoms with Crippen molar-refractivity contribution in [1.82, 2.24) is 0 Å². The second kappa shape index (κ2) is 5.96. The first-order chi connectivity index (χ1) is 10.8. The van der Waals surface area contributed by atoms with Gasteiger partial charge in [0, 0.05) is 31.0 Å². The van der Waals surface area contributed by atoms with E-state index in [9.17, 15) is 9.18 Å². The first kappa shape index (κ1) is 16.0. The van der Waals surface area contributed by atoms with Crippen LogP contribution in [0.2, 0.25) is 0 Å². The molecule has 0 spiro atoms. The largest absolute Gasteiger partial charge is 0.423 e. The molecule has 1 aliphatic heterocycles. The van der Waals surface area contributed by atoms with E-state index in [1.807, 2.05) is 43.9 Å². The summed E-state index contributed by atoms with van der Waals surface area (Å²) >= 11 is 0. The van der Waals surface area contributed by atoms with Crippen LogP contribution in [0.15, 0.2) is 39.5 Å². The van der Waals surface area contributed by atoms with E-state index < -0.39 is 11.8 Å². The van der Waals surface area contributed by atoms with E-state index in [-0.39, 0.29) is 18.2 Å². The standard InChI is InChI=1S/C18H22FNO3/c1-18(2,3)23-13-8-12(19)10-20(11-13)15-9-17(21)22-16-7-5-4-6-14(15)16/h4-7,9,12-13H,8,10-11H2,1-3H3/t12-,13+/m1/s1. The molecule has 23 heavy (non-hydrogen) atoms. The molecule has 0 aliphatic carbocycles. The van der Waals surface area contributed by atoms with Gasteiger partial charge in [-0.05, 0) is 32.9 Å². The molecule has 0 N–H and O–H groups in total. The highest BCUT2D eigenvalue weighted by Gasteiger charge is 2.31. The van der Waals surface area contributed by atoms with Gasteiger partial charge < -0.3 is 14.1 Å². The fraction of sp³-hybridized carbons (Fsp3) is 0.500. The quantitative estimate of drug-likeness (QED) is 0.794. The van der Waals surface area contributed by atoms with Gasteiger partial charge >= 0.3 is 5.63 Å². The molecule has 0 radical (unpaired) electrons. The van der Waals surface area contributed by atoms with Crippen LogP contribution in [0.4, 0.5) is 10.1 Å². The lowest BCUT2D eigenvalue weighted by atomic mass is 10.0. The van der Waals surface area contributed by atoms with Gasteiger partial charge in [-0.25, -0.2) is 9.18 Å². The molecule has 1 fully saturated rings. The molecule has 0 bridgehead atoms. The fourth-order valence-electron chi connectivity index (χ4n) is 3.13. The third-order valence-electron chi connectivity index (χ3n) is 3.85. The lowest BCUT2D eigenvalue weighted by molar-refractivity contribution is -0.0725. The first-order valence-electron chi connectivity index (χ1n) is 7.91. The first-order valence-corrected chi connectivity index (χ1v) is 7.91. The van der Waals surface area contributed by atoms with Crippen molar-refractivity contribution < 1.29 is 13.5 Å². The van der Waals surface area contributed by atoms with Gasteiger partial charge in [0.15, 0.2) is 0 Å². The Hall–Kier alpha value is -1.88. The number of para-hydroxylation sites is 1. The van der Waals surface area contributed by atoms with Gasteiger partial charge in [-0.2, -0.15) is 0 Å². The van der Waals surface area contributed by atoms with Crippen LogP contribution in [0.3, 0.4) is 0 Å². The van der Waals surface area contributed by atoms with Gasteiger partial charge in [0.25, 0.3) is 0 Å². The number of rotatable bonds is 2. The van der Waals surface area contributed by atoms with Crippen molar-refractivity contribution in [2.24, 2.45) is 0 Å². The van der Waals surface area contributed by atoms with Crippen molar-refractivity contribution in [2.75, 3.05) is 18.0 Å². The van der Waals surface area contributed by atoms with Crippen LogP contribution in [-0.4, -0.2) is 31.0 Å². The molecule has 5 heteroatoms. The Balaban J connectivity index is 1.96. The number of alkyl halides is 1. The Bertz CT molecular complexity index is 750. The zero-order valence-electron chi connectivity index (χ0n) is 13.7. The minimum atomic E-state index is -0.984. The second-order valence-corrected chi connectivity index (χ2v) is 7.04. The highest BCUT2D eigenvalue weighted by atomic mass is 19.1. The van der Waals surface area contributed by atoms with Crippen molar-refractivity contribution in [2.45, 2.75) is 45.1 Å². The molecular formula is C18H22FNO3. The third-order valence-corrected chi connectivity index (χ3v) is 3.85. The van der Waals surface area contributed by atoms with E-state index in [0.29, 0.717) is 24.2 Å². The van der Waals surface area contributed by atoms with Gasteiger partial charge in [-0.1, -0.05) is 12.1 Å². The van der Waals surface area contributed by atoms with Crippen molar-refractivity contribution in [3.05, 3.63) is 40.8 Å². The number of anilines is 1. The predicted molar refractivity (Wildman–Crippen MR) is 88.8 cm³/mol. The van der Waals surface area contributed by atoms with Crippen LogP contribution >= 0.6 is 0 Å². The van der Waals surface area contributed by atoms with E-state index in [1.54, 1.807) is 6.07 Å². The molecule has 1 aromatic heterocycles. The second-order valence-electron chi connectivity index (χ2n) is 7.04. The number of hydrogen-bond acceptors (Lipinski definition) is 4. The molecule has 4 nitrogen and oxygen atoms in total. The topological polar surface area (TPSA) is 42.7 Å². The number of halogens is 1. The predicted octanol–water partition coefficient (Wildman–Crippen LogP) is 3.52.